The number of hydrogen-bond donors (Lipinski definition) is 2. The van der Waals surface area contributed by atoms with Gasteiger partial charge in [-0.25, -0.2) is 0 Å². The van der Waals surface area contributed by atoms with Crippen molar-refractivity contribution in [3.8, 4) is 0 Å². The summed E-state index contributed by atoms with van der Waals surface area (Å²) in [7, 11) is 0. The van der Waals surface area contributed by atoms with Gasteiger partial charge in [0, 0.05) is 17.6 Å². The number of halogens is 1. The first-order valence-electron chi connectivity index (χ1n) is 6.49. The lowest BCUT2D eigenvalue weighted by Gasteiger charge is -2.11. The Bertz CT molecular complexity index is 403. The van der Waals surface area contributed by atoms with Gasteiger partial charge in [-0.2, -0.15) is 0 Å². The van der Waals surface area contributed by atoms with Gasteiger partial charge < -0.3 is 10.6 Å². The van der Waals surface area contributed by atoms with Crippen LogP contribution in [0.5, 0.6) is 0 Å². The molecule has 0 aromatic heterocycles. The average Bonchev–Trinajstić information content (AvgIpc) is 2.85. The summed E-state index contributed by atoms with van der Waals surface area (Å²) in [6.07, 6.45) is 3.84. The van der Waals surface area contributed by atoms with E-state index < -0.39 is 0 Å². The fourth-order valence-electron chi connectivity index (χ4n) is 2.27. The summed E-state index contributed by atoms with van der Waals surface area (Å²) in [5.41, 5.74) is 0.885. The van der Waals surface area contributed by atoms with Crippen molar-refractivity contribution in [2.45, 2.75) is 31.7 Å². The van der Waals surface area contributed by atoms with E-state index in [1.807, 2.05) is 24.3 Å². The van der Waals surface area contributed by atoms with Crippen LogP contribution < -0.4 is 10.6 Å². The predicted octanol–water partition coefficient (Wildman–Crippen LogP) is 2.14. The van der Waals surface area contributed by atoms with E-state index in [2.05, 4.69) is 10.6 Å². The van der Waals surface area contributed by atoms with Gasteiger partial charge in [0.2, 0.25) is 5.91 Å². The Morgan fingerprint density at radius 3 is 3.00 bits per heavy atom. The minimum atomic E-state index is 0.0427. The molecule has 98 valence electrons. The van der Waals surface area contributed by atoms with E-state index in [1.165, 1.54) is 12.8 Å². The Hall–Kier alpha value is -1.06. The Morgan fingerprint density at radius 1 is 1.44 bits per heavy atom. The van der Waals surface area contributed by atoms with E-state index in [-0.39, 0.29) is 5.91 Å². The van der Waals surface area contributed by atoms with Crippen LogP contribution in [0.15, 0.2) is 24.3 Å². The quantitative estimate of drug-likeness (QED) is 0.857. The first-order chi connectivity index (χ1) is 8.75. The van der Waals surface area contributed by atoms with E-state index >= 15 is 0 Å². The summed E-state index contributed by atoms with van der Waals surface area (Å²) >= 11 is 6.02. The summed E-state index contributed by atoms with van der Waals surface area (Å²) < 4.78 is 0. The zero-order chi connectivity index (χ0) is 12.8. The lowest BCUT2D eigenvalue weighted by Crippen LogP contribution is -2.31. The molecule has 0 radical (unpaired) electrons. The van der Waals surface area contributed by atoms with Crippen LogP contribution in [0.2, 0.25) is 5.02 Å². The van der Waals surface area contributed by atoms with E-state index in [1.54, 1.807) is 0 Å². The zero-order valence-corrected chi connectivity index (χ0v) is 11.2. The highest BCUT2D eigenvalue weighted by Gasteiger charge is 2.13. The topological polar surface area (TPSA) is 41.1 Å². The largest absolute Gasteiger partial charge is 0.356 e. The highest BCUT2D eigenvalue weighted by Crippen LogP contribution is 2.15. The van der Waals surface area contributed by atoms with E-state index in [4.69, 9.17) is 11.6 Å². The van der Waals surface area contributed by atoms with Crippen LogP contribution in [0.4, 0.5) is 0 Å². The Balaban J connectivity index is 1.70. The van der Waals surface area contributed by atoms with Crippen LogP contribution in [0.1, 0.15) is 24.8 Å². The molecule has 1 aliphatic heterocycles. The summed E-state index contributed by atoms with van der Waals surface area (Å²) in [6.45, 7) is 1.85. The van der Waals surface area contributed by atoms with Crippen LogP contribution in [-0.4, -0.2) is 25.0 Å². The van der Waals surface area contributed by atoms with Gasteiger partial charge in [-0.3, -0.25) is 4.79 Å². The van der Waals surface area contributed by atoms with Gasteiger partial charge in [-0.05, 0) is 37.4 Å². The molecule has 1 fully saturated rings. The Morgan fingerprint density at radius 2 is 2.28 bits per heavy atom. The molecule has 0 aliphatic carbocycles. The van der Waals surface area contributed by atoms with Crippen molar-refractivity contribution in [3.63, 3.8) is 0 Å². The molecule has 0 bridgehead atoms. The number of carbonyl (C=O) groups is 1. The van der Waals surface area contributed by atoms with Gasteiger partial charge >= 0.3 is 0 Å². The monoisotopic (exact) mass is 266 g/mol. The molecule has 2 rings (SSSR count). The molecule has 1 aliphatic rings. The molecule has 3 nitrogen and oxygen atoms in total. The normalized spacial score (nSPS) is 18.8. The second-order valence-electron chi connectivity index (χ2n) is 4.70. The fraction of sp³-hybridized carbons (Fsp3) is 0.500. The third kappa shape index (κ3) is 4.00. The van der Waals surface area contributed by atoms with Crippen molar-refractivity contribution in [3.05, 3.63) is 34.9 Å². The van der Waals surface area contributed by atoms with Crippen molar-refractivity contribution in [1.82, 2.24) is 10.6 Å². The van der Waals surface area contributed by atoms with Gasteiger partial charge in [-0.15, -0.1) is 0 Å². The second kappa shape index (κ2) is 6.76. The van der Waals surface area contributed by atoms with Crippen LogP contribution in [0.3, 0.4) is 0 Å². The summed E-state index contributed by atoms with van der Waals surface area (Å²) in [4.78, 5) is 11.7. The molecule has 1 aromatic rings. The number of amides is 1. The molecule has 1 amide bonds. The predicted molar refractivity (Wildman–Crippen MR) is 73.8 cm³/mol. The maximum atomic E-state index is 11.7. The van der Waals surface area contributed by atoms with Crippen molar-refractivity contribution in [2.75, 3.05) is 13.1 Å². The highest BCUT2D eigenvalue weighted by atomic mass is 35.5. The second-order valence-corrected chi connectivity index (χ2v) is 5.11. The maximum absolute atomic E-state index is 11.7. The first kappa shape index (κ1) is 13.4. The molecule has 1 heterocycles. The highest BCUT2D eigenvalue weighted by molar-refractivity contribution is 6.31. The molecular formula is C14H19ClN2O. The number of hydrogen-bond acceptors (Lipinski definition) is 2. The number of rotatable bonds is 5. The van der Waals surface area contributed by atoms with Crippen LogP contribution >= 0.6 is 11.6 Å². The average molecular weight is 267 g/mol. The van der Waals surface area contributed by atoms with E-state index in [9.17, 15) is 4.79 Å². The molecule has 0 saturated carbocycles. The molecule has 1 aromatic carbocycles. The van der Waals surface area contributed by atoms with Gasteiger partial charge in [0.1, 0.15) is 0 Å². The third-order valence-electron chi connectivity index (χ3n) is 3.29. The fourth-order valence-corrected chi connectivity index (χ4v) is 2.47. The van der Waals surface area contributed by atoms with Gasteiger partial charge in [0.05, 0.1) is 6.42 Å². The Kier molecular flexibility index (Phi) is 5.02. The van der Waals surface area contributed by atoms with Crippen LogP contribution in [0, 0.1) is 0 Å². The molecule has 4 heteroatoms. The van der Waals surface area contributed by atoms with E-state index in [0.717, 1.165) is 25.1 Å². The smallest absolute Gasteiger partial charge is 0.224 e. The lowest BCUT2D eigenvalue weighted by atomic mass is 10.1. The summed E-state index contributed by atoms with van der Waals surface area (Å²) in [5, 5.41) is 7.02. The third-order valence-corrected chi connectivity index (χ3v) is 3.65. The summed E-state index contributed by atoms with van der Waals surface area (Å²) in [6, 6.07) is 8.05. The SMILES string of the molecule is O=C(Cc1ccccc1Cl)NCC[C@H]1CCCN1. The summed E-state index contributed by atoms with van der Waals surface area (Å²) in [5.74, 6) is 0.0427. The number of nitrogens with one attached hydrogen (secondary N) is 2. The van der Waals surface area contributed by atoms with Crippen LogP contribution in [-0.2, 0) is 11.2 Å². The molecule has 1 atom stereocenters. The van der Waals surface area contributed by atoms with Crippen molar-refractivity contribution < 1.29 is 4.79 Å². The molecule has 2 N–H and O–H groups in total. The Labute approximate surface area is 113 Å². The molecule has 0 unspecified atom stereocenters. The molecular weight excluding hydrogens is 248 g/mol. The van der Waals surface area contributed by atoms with E-state index in [0.29, 0.717) is 17.5 Å². The van der Waals surface area contributed by atoms with Crippen molar-refractivity contribution in [1.29, 1.82) is 0 Å². The number of carbonyl (C=O) groups excluding carboxylic acids is 1. The molecule has 18 heavy (non-hydrogen) atoms. The lowest BCUT2D eigenvalue weighted by molar-refractivity contribution is -0.120. The van der Waals surface area contributed by atoms with Gasteiger partial charge in [0.25, 0.3) is 0 Å². The molecule has 1 saturated heterocycles. The minimum Gasteiger partial charge on any atom is -0.356 e. The maximum Gasteiger partial charge on any atom is 0.224 e. The zero-order valence-electron chi connectivity index (χ0n) is 10.4. The molecule has 0 spiro atoms. The standard InChI is InChI=1S/C14H19ClN2O/c15-13-6-2-1-4-11(13)10-14(18)17-9-7-12-5-3-8-16-12/h1-2,4,6,12,16H,3,5,7-10H2,(H,17,18)/t12-/m1/s1. The number of benzene rings is 1. The van der Waals surface area contributed by atoms with Crippen LogP contribution in [0.25, 0.3) is 0 Å². The first-order valence-corrected chi connectivity index (χ1v) is 6.87. The van der Waals surface area contributed by atoms with Gasteiger partial charge in [-0.1, -0.05) is 29.8 Å². The minimum absolute atomic E-state index is 0.0427. The van der Waals surface area contributed by atoms with Crippen molar-refractivity contribution >= 4 is 17.5 Å². The van der Waals surface area contributed by atoms with Gasteiger partial charge in [0.15, 0.2) is 0 Å². The van der Waals surface area contributed by atoms with Crippen molar-refractivity contribution in [2.24, 2.45) is 0 Å².